The molecule has 2 heterocycles. The van der Waals surface area contributed by atoms with Crippen molar-refractivity contribution in [1.82, 2.24) is 20.3 Å². The van der Waals surface area contributed by atoms with Crippen molar-refractivity contribution >= 4 is 17.0 Å². The molecule has 0 spiro atoms. The first-order valence-corrected chi connectivity index (χ1v) is 7.84. The normalized spacial score (nSPS) is 10.7. The lowest BCUT2D eigenvalue weighted by Crippen LogP contribution is -2.18. The molecule has 3 rings (SSSR count). The van der Waals surface area contributed by atoms with Crippen molar-refractivity contribution in [2.45, 2.75) is 20.3 Å². The lowest BCUT2D eigenvalue weighted by atomic mass is 10.1. The Morgan fingerprint density at radius 1 is 1.17 bits per heavy atom. The van der Waals surface area contributed by atoms with Crippen LogP contribution in [0.2, 0.25) is 0 Å². The number of hydrogen-bond acceptors (Lipinski definition) is 4. The summed E-state index contributed by atoms with van der Waals surface area (Å²) < 4.78 is 0. The summed E-state index contributed by atoms with van der Waals surface area (Å²) in [6.45, 7) is 8.85. The lowest BCUT2D eigenvalue weighted by molar-refractivity contribution is 0.860. The fraction of sp³-hybridized carbons (Fsp3) is 0.222. The number of aromatic nitrogens is 3. The van der Waals surface area contributed by atoms with Gasteiger partial charge in [0.25, 0.3) is 0 Å². The van der Waals surface area contributed by atoms with Crippen LogP contribution >= 0.6 is 0 Å². The molecule has 2 aromatic heterocycles. The van der Waals surface area contributed by atoms with Gasteiger partial charge in [-0.25, -0.2) is 4.98 Å². The molecule has 0 saturated carbocycles. The van der Waals surface area contributed by atoms with Gasteiger partial charge in [-0.1, -0.05) is 25.6 Å². The summed E-state index contributed by atoms with van der Waals surface area (Å²) >= 11 is 0. The fourth-order valence-corrected chi connectivity index (χ4v) is 2.45. The molecule has 1 aromatic carbocycles. The molecule has 23 heavy (non-hydrogen) atoms. The van der Waals surface area contributed by atoms with E-state index in [9.17, 15) is 0 Å². The Morgan fingerprint density at radius 2 is 2.00 bits per heavy atom. The van der Waals surface area contributed by atoms with Crippen molar-refractivity contribution < 1.29 is 0 Å². The molecule has 0 bridgehead atoms. The van der Waals surface area contributed by atoms with E-state index >= 15 is 0 Å². The minimum atomic E-state index is 0.683. The maximum Gasteiger partial charge on any atom is 0.206 e. The van der Waals surface area contributed by atoms with Crippen LogP contribution in [0.4, 0.5) is 5.95 Å². The largest absolute Gasteiger partial charge is 0.372 e. The van der Waals surface area contributed by atoms with Gasteiger partial charge >= 0.3 is 0 Å². The van der Waals surface area contributed by atoms with Crippen LogP contribution in [0.15, 0.2) is 48.9 Å². The summed E-state index contributed by atoms with van der Waals surface area (Å²) in [6.07, 6.45) is 2.87. The smallest absolute Gasteiger partial charge is 0.206 e. The summed E-state index contributed by atoms with van der Waals surface area (Å²) in [6, 6.07) is 10.3. The van der Waals surface area contributed by atoms with E-state index in [0.717, 1.165) is 46.6 Å². The van der Waals surface area contributed by atoms with Crippen molar-refractivity contribution in [3.8, 4) is 11.1 Å². The molecule has 0 amide bonds. The molecule has 0 aliphatic carbocycles. The Labute approximate surface area is 135 Å². The van der Waals surface area contributed by atoms with E-state index in [0.29, 0.717) is 5.95 Å². The van der Waals surface area contributed by atoms with E-state index < -0.39 is 0 Å². The molecular formula is C18H21N5. The van der Waals surface area contributed by atoms with Crippen molar-refractivity contribution in [3.63, 3.8) is 0 Å². The maximum atomic E-state index is 4.51. The monoisotopic (exact) mass is 307 g/mol. The number of hydrogen-bond donors (Lipinski definition) is 3. The molecule has 0 atom stereocenters. The van der Waals surface area contributed by atoms with Gasteiger partial charge in [-0.3, -0.25) is 4.98 Å². The summed E-state index contributed by atoms with van der Waals surface area (Å²) in [7, 11) is 0. The van der Waals surface area contributed by atoms with E-state index in [2.05, 4.69) is 63.4 Å². The van der Waals surface area contributed by atoms with Gasteiger partial charge in [0.15, 0.2) is 0 Å². The van der Waals surface area contributed by atoms with Gasteiger partial charge in [0.05, 0.1) is 16.9 Å². The van der Waals surface area contributed by atoms with Crippen molar-refractivity contribution in [2.24, 2.45) is 0 Å². The molecule has 0 aliphatic heterocycles. The van der Waals surface area contributed by atoms with Gasteiger partial charge in [-0.15, -0.1) is 0 Å². The highest BCUT2D eigenvalue weighted by Crippen LogP contribution is 2.24. The zero-order valence-electron chi connectivity index (χ0n) is 13.5. The topological polar surface area (TPSA) is 65.6 Å². The number of anilines is 1. The van der Waals surface area contributed by atoms with Crippen LogP contribution in [0, 0.1) is 0 Å². The molecule has 5 nitrogen and oxygen atoms in total. The molecule has 0 aliphatic rings. The zero-order chi connectivity index (χ0) is 16.2. The molecule has 3 N–H and O–H groups in total. The number of nitrogens with zero attached hydrogens (tertiary/aromatic N) is 2. The van der Waals surface area contributed by atoms with Gasteiger partial charge in [0.1, 0.15) is 0 Å². The van der Waals surface area contributed by atoms with Crippen LogP contribution in [-0.2, 0) is 6.42 Å². The fourth-order valence-electron chi connectivity index (χ4n) is 2.45. The molecule has 0 saturated heterocycles. The summed E-state index contributed by atoms with van der Waals surface area (Å²) in [4.78, 5) is 12.2. The average Bonchev–Trinajstić information content (AvgIpc) is 2.96. The van der Waals surface area contributed by atoms with Gasteiger partial charge in [0, 0.05) is 24.0 Å². The molecule has 0 fully saturated rings. The highest BCUT2D eigenvalue weighted by Gasteiger charge is 2.06. The predicted molar refractivity (Wildman–Crippen MR) is 95.1 cm³/mol. The second-order valence-corrected chi connectivity index (χ2v) is 5.34. The maximum absolute atomic E-state index is 4.51. The minimum Gasteiger partial charge on any atom is -0.372 e. The highest BCUT2D eigenvalue weighted by molar-refractivity contribution is 5.83. The Kier molecular flexibility index (Phi) is 4.28. The van der Waals surface area contributed by atoms with E-state index in [1.54, 1.807) is 0 Å². The number of fused-ring (bicyclic) bond motifs is 1. The number of aryl methyl sites for hydroxylation is 1. The second kappa shape index (κ2) is 6.52. The second-order valence-electron chi connectivity index (χ2n) is 5.34. The number of rotatable bonds is 6. The van der Waals surface area contributed by atoms with Gasteiger partial charge in [-0.2, -0.15) is 0 Å². The Hall–Kier alpha value is -2.82. The van der Waals surface area contributed by atoms with Gasteiger partial charge in [0.2, 0.25) is 5.95 Å². The summed E-state index contributed by atoms with van der Waals surface area (Å²) in [5.41, 5.74) is 5.22. The van der Waals surface area contributed by atoms with Crippen LogP contribution < -0.4 is 10.6 Å². The number of benzene rings is 1. The molecule has 0 unspecified atom stereocenters. The van der Waals surface area contributed by atoms with Gasteiger partial charge < -0.3 is 15.6 Å². The molecule has 0 radical (unpaired) electrons. The Balaban J connectivity index is 1.87. The molecule has 5 heteroatoms. The van der Waals surface area contributed by atoms with E-state index in [4.69, 9.17) is 0 Å². The van der Waals surface area contributed by atoms with Crippen LogP contribution in [0.25, 0.3) is 22.2 Å². The van der Waals surface area contributed by atoms with E-state index in [1.165, 1.54) is 0 Å². The van der Waals surface area contributed by atoms with Crippen molar-refractivity contribution in [3.05, 3.63) is 54.6 Å². The first-order chi connectivity index (χ1) is 11.2. The molecular weight excluding hydrogens is 286 g/mol. The number of pyridine rings is 1. The lowest BCUT2D eigenvalue weighted by Gasteiger charge is -2.06. The number of aromatic amines is 1. The van der Waals surface area contributed by atoms with Crippen molar-refractivity contribution in [1.29, 1.82) is 0 Å². The van der Waals surface area contributed by atoms with E-state index in [1.807, 2.05) is 19.2 Å². The first-order valence-electron chi connectivity index (χ1n) is 7.84. The molecule has 3 aromatic rings. The Bertz CT molecular complexity index is 817. The van der Waals surface area contributed by atoms with Crippen LogP contribution in [0.5, 0.6) is 0 Å². The number of H-pyrrole nitrogens is 1. The summed E-state index contributed by atoms with van der Waals surface area (Å²) in [5.74, 6) is 1.41. The van der Waals surface area contributed by atoms with Crippen LogP contribution in [0.1, 0.15) is 19.5 Å². The molecule has 118 valence electrons. The van der Waals surface area contributed by atoms with Crippen LogP contribution in [-0.4, -0.2) is 21.5 Å². The third kappa shape index (κ3) is 3.34. The predicted octanol–water partition coefficient (Wildman–Crippen LogP) is 3.68. The first kappa shape index (κ1) is 15.1. The number of nitrogens with one attached hydrogen (secondary N) is 3. The SMILES string of the molecule is C=C(NCC)Nc1nc2ccc(-c3ccc(CC)nc3)cc2[nH]1. The Morgan fingerprint density at radius 3 is 2.70 bits per heavy atom. The average molecular weight is 307 g/mol. The van der Waals surface area contributed by atoms with Gasteiger partial charge in [-0.05, 0) is 37.1 Å². The standard InChI is InChI=1S/C18H21N5/c1-4-15-8-6-14(11-20-15)13-7-9-16-17(10-13)23-18(22-16)21-12(3)19-5-2/h6-11,19H,3-5H2,1-2H3,(H2,21,22,23). The summed E-state index contributed by atoms with van der Waals surface area (Å²) in [5, 5.41) is 6.23. The third-order valence-corrected chi connectivity index (χ3v) is 3.66. The van der Waals surface area contributed by atoms with E-state index in [-0.39, 0.29) is 0 Å². The quantitative estimate of drug-likeness (QED) is 0.650. The van der Waals surface area contributed by atoms with Crippen LogP contribution in [0.3, 0.4) is 0 Å². The van der Waals surface area contributed by atoms with Crippen molar-refractivity contribution in [2.75, 3.05) is 11.9 Å². The highest BCUT2D eigenvalue weighted by atomic mass is 15.2. The zero-order valence-corrected chi connectivity index (χ0v) is 13.5. The third-order valence-electron chi connectivity index (χ3n) is 3.66. The number of imidazole rings is 1. The minimum absolute atomic E-state index is 0.683.